The minimum Gasteiger partial charge on any atom is -0.392 e. The topological polar surface area (TPSA) is 82.2 Å². The van der Waals surface area contributed by atoms with Crippen LogP contribution in [0.3, 0.4) is 0 Å². The van der Waals surface area contributed by atoms with Crippen molar-refractivity contribution >= 4 is 16.8 Å². The van der Waals surface area contributed by atoms with E-state index in [9.17, 15) is 19.1 Å². The number of H-pyrrole nitrogens is 1. The summed E-state index contributed by atoms with van der Waals surface area (Å²) in [6, 6.07) is 5.08. The van der Waals surface area contributed by atoms with E-state index in [1.54, 1.807) is 0 Å². The number of amides is 1. The number of fused-ring (bicyclic) bond motifs is 1. The first-order valence-corrected chi connectivity index (χ1v) is 7.90. The molecule has 6 heteroatoms. The van der Waals surface area contributed by atoms with Gasteiger partial charge in [-0.3, -0.25) is 9.59 Å². The molecule has 0 aliphatic carbocycles. The standard InChI is InChI=1S/C18H23FN2O3/c1-10(2)16(23)18(3,4)9-20-17(24)13-8-15(22)21-14-7-11(19)5-6-12(13)14/h5-8,10,16,23H,9H2,1-4H3,(H,20,24)(H,21,22). The van der Waals surface area contributed by atoms with Crippen molar-refractivity contribution in [2.75, 3.05) is 6.54 Å². The van der Waals surface area contributed by atoms with Crippen LogP contribution in [0.5, 0.6) is 0 Å². The number of aromatic nitrogens is 1. The van der Waals surface area contributed by atoms with E-state index in [-0.39, 0.29) is 23.5 Å². The first-order valence-electron chi connectivity index (χ1n) is 7.90. The van der Waals surface area contributed by atoms with Gasteiger partial charge in [0.05, 0.1) is 17.2 Å². The Morgan fingerprint density at radius 1 is 1.33 bits per heavy atom. The molecular formula is C18H23FN2O3. The Morgan fingerprint density at radius 3 is 2.62 bits per heavy atom. The molecule has 5 nitrogen and oxygen atoms in total. The summed E-state index contributed by atoms with van der Waals surface area (Å²) in [6.07, 6.45) is -0.581. The van der Waals surface area contributed by atoms with Gasteiger partial charge in [-0.15, -0.1) is 0 Å². The highest BCUT2D eigenvalue weighted by molar-refractivity contribution is 6.05. The SMILES string of the molecule is CC(C)C(O)C(C)(C)CNC(=O)c1cc(=O)[nH]c2cc(F)ccc12. The largest absolute Gasteiger partial charge is 0.392 e. The number of pyridine rings is 1. The van der Waals surface area contributed by atoms with Crippen molar-refractivity contribution in [3.8, 4) is 0 Å². The molecule has 2 aromatic rings. The Morgan fingerprint density at radius 2 is 2.00 bits per heavy atom. The van der Waals surface area contributed by atoms with Gasteiger partial charge in [-0.1, -0.05) is 27.7 Å². The van der Waals surface area contributed by atoms with Crippen LogP contribution < -0.4 is 10.9 Å². The van der Waals surface area contributed by atoms with Gasteiger partial charge in [-0.05, 0) is 24.1 Å². The summed E-state index contributed by atoms with van der Waals surface area (Å²) in [6.45, 7) is 7.80. The van der Waals surface area contributed by atoms with Crippen LogP contribution in [-0.4, -0.2) is 28.6 Å². The predicted octanol–water partition coefficient (Wildman–Crippen LogP) is 2.44. The van der Waals surface area contributed by atoms with Crippen LogP contribution in [-0.2, 0) is 0 Å². The second kappa shape index (κ2) is 6.73. The number of hydrogen-bond acceptors (Lipinski definition) is 3. The van der Waals surface area contributed by atoms with Gasteiger partial charge in [0.1, 0.15) is 5.82 Å². The molecule has 0 aliphatic heterocycles. The Kier molecular flexibility index (Phi) is 5.08. The molecule has 0 spiro atoms. The minimum absolute atomic E-state index is 0.0558. The lowest BCUT2D eigenvalue weighted by atomic mass is 9.80. The fraction of sp³-hybridized carbons (Fsp3) is 0.444. The van der Waals surface area contributed by atoms with Crippen LogP contribution in [0.15, 0.2) is 29.1 Å². The van der Waals surface area contributed by atoms with E-state index >= 15 is 0 Å². The van der Waals surface area contributed by atoms with Crippen molar-refractivity contribution < 1.29 is 14.3 Å². The highest BCUT2D eigenvalue weighted by Gasteiger charge is 2.30. The van der Waals surface area contributed by atoms with E-state index < -0.39 is 28.8 Å². The van der Waals surface area contributed by atoms with E-state index in [1.807, 2.05) is 27.7 Å². The smallest absolute Gasteiger partial charge is 0.252 e. The zero-order valence-electron chi connectivity index (χ0n) is 14.3. The predicted molar refractivity (Wildman–Crippen MR) is 91.5 cm³/mol. The monoisotopic (exact) mass is 334 g/mol. The lowest BCUT2D eigenvalue weighted by Gasteiger charge is -2.33. The number of hydrogen-bond donors (Lipinski definition) is 3. The summed E-state index contributed by atoms with van der Waals surface area (Å²) in [5.74, 6) is -0.862. The molecule has 1 amide bonds. The molecular weight excluding hydrogens is 311 g/mol. The molecule has 1 atom stereocenters. The average molecular weight is 334 g/mol. The fourth-order valence-electron chi connectivity index (χ4n) is 2.83. The number of aliphatic hydroxyl groups is 1. The number of carbonyl (C=O) groups excluding carboxylic acids is 1. The quantitative estimate of drug-likeness (QED) is 0.785. The average Bonchev–Trinajstić information content (AvgIpc) is 2.50. The molecule has 1 heterocycles. The number of carbonyl (C=O) groups is 1. The van der Waals surface area contributed by atoms with Crippen molar-refractivity contribution in [3.63, 3.8) is 0 Å². The zero-order valence-corrected chi connectivity index (χ0v) is 14.3. The van der Waals surface area contributed by atoms with Crippen LogP contribution in [0.2, 0.25) is 0 Å². The van der Waals surface area contributed by atoms with Crippen LogP contribution in [0.25, 0.3) is 10.9 Å². The molecule has 24 heavy (non-hydrogen) atoms. The van der Waals surface area contributed by atoms with Crippen molar-refractivity contribution in [3.05, 3.63) is 46.0 Å². The summed E-state index contributed by atoms with van der Waals surface area (Å²) in [5, 5.41) is 13.5. The number of halogens is 1. The lowest BCUT2D eigenvalue weighted by Crippen LogP contribution is -2.43. The number of aromatic amines is 1. The first kappa shape index (κ1) is 18.1. The van der Waals surface area contributed by atoms with Gasteiger partial charge in [-0.25, -0.2) is 4.39 Å². The van der Waals surface area contributed by atoms with Gasteiger partial charge in [0.2, 0.25) is 5.56 Å². The third kappa shape index (κ3) is 3.82. The Labute approximate surface area is 139 Å². The molecule has 0 fully saturated rings. The molecule has 0 saturated heterocycles. The highest BCUT2D eigenvalue weighted by atomic mass is 19.1. The zero-order chi connectivity index (χ0) is 18.1. The second-order valence-electron chi connectivity index (χ2n) is 7.10. The van der Waals surface area contributed by atoms with Gasteiger partial charge in [0.25, 0.3) is 5.91 Å². The van der Waals surface area contributed by atoms with E-state index in [0.29, 0.717) is 5.39 Å². The third-order valence-electron chi connectivity index (χ3n) is 4.19. The number of rotatable bonds is 5. The fourth-order valence-corrected chi connectivity index (χ4v) is 2.83. The van der Waals surface area contributed by atoms with Crippen molar-refractivity contribution in [1.29, 1.82) is 0 Å². The summed E-state index contributed by atoms with van der Waals surface area (Å²) >= 11 is 0. The Bertz CT molecular complexity index is 812. The molecule has 2 rings (SSSR count). The summed E-state index contributed by atoms with van der Waals surface area (Å²) in [7, 11) is 0. The van der Waals surface area contributed by atoms with E-state index in [4.69, 9.17) is 0 Å². The molecule has 3 N–H and O–H groups in total. The molecule has 1 unspecified atom stereocenters. The highest BCUT2D eigenvalue weighted by Crippen LogP contribution is 2.25. The normalized spacial score (nSPS) is 13.3. The van der Waals surface area contributed by atoms with Crippen molar-refractivity contribution in [1.82, 2.24) is 10.3 Å². The van der Waals surface area contributed by atoms with Crippen molar-refractivity contribution in [2.24, 2.45) is 11.3 Å². The Balaban J connectivity index is 2.28. The molecule has 0 radical (unpaired) electrons. The molecule has 1 aromatic carbocycles. The third-order valence-corrected chi connectivity index (χ3v) is 4.19. The molecule has 0 aliphatic rings. The number of benzene rings is 1. The summed E-state index contributed by atoms with van der Waals surface area (Å²) in [4.78, 5) is 26.7. The maximum absolute atomic E-state index is 13.3. The molecule has 1 aromatic heterocycles. The van der Waals surface area contributed by atoms with E-state index in [0.717, 1.165) is 0 Å². The van der Waals surface area contributed by atoms with Gasteiger partial charge < -0.3 is 15.4 Å². The molecule has 130 valence electrons. The number of nitrogens with one attached hydrogen (secondary N) is 2. The van der Waals surface area contributed by atoms with Crippen LogP contribution in [0, 0.1) is 17.2 Å². The number of aliphatic hydroxyl groups excluding tert-OH is 1. The van der Waals surface area contributed by atoms with Crippen LogP contribution in [0.1, 0.15) is 38.1 Å². The maximum atomic E-state index is 13.3. The second-order valence-corrected chi connectivity index (χ2v) is 7.10. The first-order chi connectivity index (χ1) is 11.1. The van der Waals surface area contributed by atoms with E-state index in [1.165, 1.54) is 24.3 Å². The maximum Gasteiger partial charge on any atom is 0.252 e. The van der Waals surface area contributed by atoms with Gasteiger partial charge >= 0.3 is 0 Å². The summed E-state index contributed by atoms with van der Waals surface area (Å²) < 4.78 is 13.3. The van der Waals surface area contributed by atoms with Gasteiger partial charge in [0, 0.05) is 23.4 Å². The van der Waals surface area contributed by atoms with Crippen molar-refractivity contribution in [2.45, 2.75) is 33.8 Å². The lowest BCUT2D eigenvalue weighted by molar-refractivity contribution is 0.0138. The van der Waals surface area contributed by atoms with E-state index in [2.05, 4.69) is 10.3 Å². The minimum atomic E-state index is -0.581. The van der Waals surface area contributed by atoms with Gasteiger partial charge in [-0.2, -0.15) is 0 Å². The van der Waals surface area contributed by atoms with Crippen LogP contribution in [0.4, 0.5) is 4.39 Å². The van der Waals surface area contributed by atoms with Crippen LogP contribution >= 0.6 is 0 Å². The van der Waals surface area contributed by atoms with Gasteiger partial charge in [0.15, 0.2) is 0 Å². The Hall–Kier alpha value is -2.21. The molecule has 0 bridgehead atoms. The summed E-state index contributed by atoms with van der Waals surface area (Å²) in [5.41, 5.74) is -0.537. The molecule has 0 saturated carbocycles.